The van der Waals surface area contributed by atoms with Crippen LogP contribution in [0.25, 0.3) is 0 Å². The Balaban J connectivity index is 2.15. The van der Waals surface area contributed by atoms with E-state index in [1.165, 1.54) is 0 Å². The lowest BCUT2D eigenvalue weighted by molar-refractivity contribution is 0.102. The van der Waals surface area contributed by atoms with Crippen molar-refractivity contribution < 1.29 is 9.18 Å². The highest BCUT2D eigenvalue weighted by molar-refractivity contribution is 6.03. The summed E-state index contributed by atoms with van der Waals surface area (Å²) in [5.41, 5.74) is 0.464. The second-order valence-corrected chi connectivity index (χ2v) is 2.91. The fourth-order valence-electron chi connectivity index (χ4n) is 1.13. The molecule has 0 spiro atoms. The van der Waals surface area contributed by atoms with Crippen LogP contribution in [0, 0.1) is 5.82 Å². The van der Waals surface area contributed by atoms with Crippen LogP contribution >= 0.6 is 0 Å². The summed E-state index contributed by atoms with van der Waals surface area (Å²) in [5.74, 6) is -0.984. The van der Waals surface area contributed by atoms with Gasteiger partial charge in [-0.05, 0) is 12.1 Å². The van der Waals surface area contributed by atoms with Crippen LogP contribution in [-0.2, 0) is 0 Å². The lowest BCUT2D eigenvalue weighted by Gasteiger charge is -2.01. The molecule has 1 amide bonds. The summed E-state index contributed by atoms with van der Waals surface area (Å²) in [4.78, 5) is 11.5. The molecule has 5 heteroatoms. The first kappa shape index (κ1) is 9.39. The predicted molar refractivity (Wildman–Crippen MR) is 52.9 cm³/mol. The van der Waals surface area contributed by atoms with Crippen molar-refractivity contribution in [2.75, 3.05) is 5.32 Å². The zero-order valence-corrected chi connectivity index (χ0v) is 7.70. The fraction of sp³-hybridized carbons (Fsp3) is 0. The van der Waals surface area contributed by atoms with E-state index in [-0.39, 0.29) is 11.7 Å². The number of amides is 1. The largest absolute Gasteiger partial charge is 0.304 e. The number of carbonyl (C=O) groups excluding carboxylic acids is 1. The molecule has 0 saturated carbocycles. The number of H-pyrrole nitrogens is 1. The molecule has 0 fully saturated rings. The summed E-state index contributed by atoms with van der Waals surface area (Å²) in [7, 11) is 0. The maximum Gasteiger partial charge on any atom is 0.256 e. The lowest BCUT2D eigenvalue weighted by atomic mass is 10.2. The minimum absolute atomic E-state index is 0.0242. The van der Waals surface area contributed by atoms with Gasteiger partial charge in [0.1, 0.15) is 0 Å². The second kappa shape index (κ2) is 3.91. The Morgan fingerprint density at radius 2 is 2.07 bits per heavy atom. The topological polar surface area (TPSA) is 57.8 Å². The van der Waals surface area contributed by atoms with Gasteiger partial charge in [0.25, 0.3) is 5.91 Å². The summed E-state index contributed by atoms with van der Waals surface area (Å²) in [6.45, 7) is 0. The molecule has 2 rings (SSSR count). The molecule has 1 aromatic heterocycles. The first-order valence-corrected chi connectivity index (χ1v) is 4.32. The lowest BCUT2D eigenvalue weighted by Crippen LogP contribution is -2.12. The normalized spacial score (nSPS) is 9.93. The van der Waals surface area contributed by atoms with Gasteiger partial charge >= 0.3 is 0 Å². The molecule has 0 aliphatic rings. The summed E-state index contributed by atoms with van der Waals surface area (Å²) < 4.78 is 12.9. The van der Waals surface area contributed by atoms with Gasteiger partial charge in [-0.25, -0.2) is 4.39 Å². The molecule has 76 valence electrons. The molecule has 1 heterocycles. The molecule has 15 heavy (non-hydrogen) atoms. The maximum atomic E-state index is 12.9. The van der Waals surface area contributed by atoms with Crippen LogP contribution in [-0.4, -0.2) is 16.1 Å². The number of aromatic amines is 1. The number of rotatable bonds is 2. The Morgan fingerprint density at radius 3 is 2.67 bits per heavy atom. The number of hydrogen-bond donors (Lipinski definition) is 2. The SMILES string of the molecule is O=C(Nc1[nH]ncc1F)c1ccccc1. The van der Waals surface area contributed by atoms with Gasteiger partial charge in [0, 0.05) is 5.56 Å². The van der Waals surface area contributed by atoms with Gasteiger partial charge in [0.2, 0.25) is 0 Å². The maximum absolute atomic E-state index is 12.9. The highest BCUT2D eigenvalue weighted by Gasteiger charge is 2.09. The van der Waals surface area contributed by atoms with Gasteiger partial charge < -0.3 is 5.32 Å². The summed E-state index contributed by atoms with van der Waals surface area (Å²) in [6, 6.07) is 8.55. The minimum Gasteiger partial charge on any atom is -0.304 e. The van der Waals surface area contributed by atoms with E-state index in [9.17, 15) is 9.18 Å². The van der Waals surface area contributed by atoms with E-state index in [0.29, 0.717) is 5.56 Å². The van der Waals surface area contributed by atoms with Gasteiger partial charge in [-0.15, -0.1) is 0 Å². The highest BCUT2D eigenvalue weighted by Crippen LogP contribution is 2.09. The molecule has 4 nitrogen and oxygen atoms in total. The van der Waals surface area contributed by atoms with Gasteiger partial charge in [0.15, 0.2) is 11.6 Å². The Kier molecular flexibility index (Phi) is 2.45. The summed E-state index contributed by atoms with van der Waals surface area (Å²) in [6.07, 6.45) is 1.00. The molecule has 1 aromatic carbocycles. The van der Waals surface area contributed by atoms with E-state index in [2.05, 4.69) is 15.5 Å². The predicted octanol–water partition coefficient (Wildman–Crippen LogP) is 1.80. The smallest absolute Gasteiger partial charge is 0.256 e. The van der Waals surface area contributed by atoms with Crippen molar-refractivity contribution in [3.63, 3.8) is 0 Å². The van der Waals surface area contributed by atoms with E-state index < -0.39 is 5.82 Å². The van der Waals surface area contributed by atoms with E-state index in [0.717, 1.165) is 6.20 Å². The molecule has 0 aliphatic carbocycles. The Labute approximate surface area is 85.1 Å². The number of benzene rings is 1. The fourth-order valence-corrected chi connectivity index (χ4v) is 1.13. The third-order valence-corrected chi connectivity index (χ3v) is 1.87. The van der Waals surface area contributed by atoms with Crippen LogP contribution in [0.5, 0.6) is 0 Å². The third kappa shape index (κ3) is 2.01. The molecular weight excluding hydrogens is 197 g/mol. The van der Waals surface area contributed by atoms with Crippen molar-refractivity contribution in [2.45, 2.75) is 0 Å². The second-order valence-electron chi connectivity index (χ2n) is 2.91. The van der Waals surface area contributed by atoms with E-state index in [4.69, 9.17) is 0 Å². The number of halogens is 1. The Hall–Kier alpha value is -2.17. The van der Waals surface area contributed by atoms with Crippen LogP contribution in [0.3, 0.4) is 0 Å². The summed E-state index contributed by atoms with van der Waals surface area (Å²) in [5, 5.41) is 8.18. The van der Waals surface area contributed by atoms with Gasteiger partial charge in [0.05, 0.1) is 6.20 Å². The van der Waals surface area contributed by atoms with Gasteiger partial charge in [-0.1, -0.05) is 18.2 Å². The van der Waals surface area contributed by atoms with E-state index >= 15 is 0 Å². The molecule has 2 N–H and O–H groups in total. The van der Waals surface area contributed by atoms with Crippen molar-refractivity contribution in [1.29, 1.82) is 0 Å². The van der Waals surface area contributed by atoms with Crippen LogP contribution in [0.15, 0.2) is 36.5 Å². The van der Waals surface area contributed by atoms with Crippen molar-refractivity contribution in [1.82, 2.24) is 10.2 Å². The first-order valence-electron chi connectivity index (χ1n) is 4.32. The zero-order chi connectivity index (χ0) is 10.7. The van der Waals surface area contributed by atoms with Crippen LogP contribution in [0.4, 0.5) is 10.2 Å². The van der Waals surface area contributed by atoms with Crippen LogP contribution in [0.1, 0.15) is 10.4 Å². The molecular formula is C10H8FN3O. The van der Waals surface area contributed by atoms with Crippen molar-refractivity contribution >= 4 is 11.7 Å². The first-order chi connectivity index (χ1) is 7.27. The van der Waals surface area contributed by atoms with Gasteiger partial charge in [-0.3, -0.25) is 9.89 Å². The molecule has 0 atom stereocenters. The number of hydrogen-bond acceptors (Lipinski definition) is 2. The van der Waals surface area contributed by atoms with Crippen LogP contribution in [0.2, 0.25) is 0 Å². The van der Waals surface area contributed by atoms with E-state index in [1.54, 1.807) is 30.3 Å². The van der Waals surface area contributed by atoms with Crippen molar-refractivity contribution in [2.24, 2.45) is 0 Å². The molecule has 0 unspecified atom stereocenters. The highest BCUT2D eigenvalue weighted by atomic mass is 19.1. The molecule has 0 aliphatic heterocycles. The third-order valence-electron chi connectivity index (χ3n) is 1.87. The molecule has 0 bridgehead atoms. The number of carbonyl (C=O) groups is 1. The number of aromatic nitrogens is 2. The standard InChI is InChI=1S/C10H8FN3O/c11-8-6-12-14-9(8)13-10(15)7-4-2-1-3-5-7/h1-6H,(H2,12,13,14,15). The molecule has 2 aromatic rings. The number of anilines is 1. The average Bonchev–Trinajstić information content (AvgIpc) is 2.66. The summed E-state index contributed by atoms with van der Waals surface area (Å²) >= 11 is 0. The molecule has 0 radical (unpaired) electrons. The number of nitrogens with one attached hydrogen (secondary N) is 2. The quantitative estimate of drug-likeness (QED) is 0.785. The molecule has 0 saturated heterocycles. The number of nitrogens with zero attached hydrogens (tertiary/aromatic N) is 1. The van der Waals surface area contributed by atoms with Crippen molar-refractivity contribution in [3.8, 4) is 0 Å². The van der Waals surface area contributed by atoms with Crippen LogP contribution < -0.4 is 5.32 Å². The monoisotopic (exact) mass is 205 g/mol. The average molecular weight is 205 g/mol. The minimum atomic E-state index is -0.584. The van der Waals surface area contributed by atoms with Gasteiger partial charge in [-0.2, -0.15) is 5.10 Å². The zero-order valence-electron chi connectivity index (χ0n) is 7.70. The van der Waals surface area contributed by atoms with E-state index in [1.807, 2.05) is 0 Å². The Morgan fingerprint density at radius 1 is 1.33 bits per heavy atom. The Bertz CT molecular complexity index is 467. The van der Waals surface area contributed by atoms with Crippen molar-refractivity contribution in [3.05, 3.63) is 47.9 Å².